The molecular weight excluding hydrogens is 360 g/mol. The van der Waals surface area contributed by atoms with Gasteiger partial charge in [0.05, 0.1) is 25.3 Å². The summed E-state index contributed by atoms with van der Waals surface area (Å²) in [6.07, 6.45) is 0.629. The zero-order valence-corrected chi connectivity index (χ0v) is 15.9. The highest BCUT2D eigenvalue weighted by atomic mass is 16.5. The summed E-state index contributed by atoms with van der Waals surface area (Å²) in [5.74, 6) is 0.474. The molecular formula is C21H22N2O5. The normalized spacial score (nSPS) is 12.7. The van der Waals surface area contributed by atoms with E-state index in [1.54, 1.807) is 50.6 Å². The molecule has 0 bridgehead atoms. The SMILES string of the molecule is COc1ccc(CNC(=O)CCCN2C(=O)c3ccccc3C2=O)cc1OC. The predicted molar refractivity (Wildman–Crippen MR) is 102 cm³/mol. The molecule has 7 heteroatoms. The molecule has 28 heavy (non-hydrogen) atoms. The number of hydrogen-bond acceptors (Lipinski definition) is 5. The molecule has 146 valence electrons. The van der Waals surface area contributed by atoms with Crippen molar-refractivity contribution in [3.8, 4) is 11.5 Å². The number of carbonyl (C=O) groups excluding carboxylic acids is 3. The minimum absolute atomic E-state index is 0.147. The molecule has 0 atom stereocenters. The fourth-order valence-corrected chi connectivity index (χ4v) is 3.12. The summed E-state index contributed by atoms with van der Waals surface area (Å²) in [6.45, 7) is 0.572. The molecule has 0 spiro atoms. The van der Waals surface area contributed by atoms with Crippen molar-refractivity contribution in [2.24, 2.45) is 0 Å². The average molecular weight is 382 g/mol. The molecule has 3 rings (SSSR count). The molecule has 0 saturated carbocycles. The van der Waals surface area contributed by atoms with Gasteiger partial charge in [-0.2, -0.15) is 0 Å². The zero-order valence-electron chi connectivity index (χ0n) is 15.9. The fourth-order valence-electron chi connectivity index (χ4n) is 3.12. The molecule has 0 radical (unpaired) electrons. The molecule has 7 nitrogen and oxygen atoms in total. The molecule has 1 N–H and O–H groups in total. The quantitative estimate of drug-likeness (QED) is 0.709. The van der Waals surface area contributed by atoms with Gasteiger partial charge in [-0.3, -0.25) is 19.3 Å². The maximum atomic E-state index is 12.3. The van der Waals surface area contributed by atoms with Crippen LogP contribution in [-0.2, 0) is 11.3 Å². The first-order chi connectivity index (χ1) is 13.5. The van der Waals surface area contributed by atoms with Crippen LogP contribution in [0.1, 0.15) is 39.1 Å². The number of imide groups is 1. The van der Waals surface area contributed by atoms with Crippen molar-refractivity contribution in [1.82, 2.24) is 10.2 Å². The average Bonchev–Trinajstić information content (AvgIpc) is 2.97. The number of carbonyl (C=O) groups is 3. The van der Waals surface area contributed by atoms with Gasteiger partial charge < -0.3 is 14.8 Å². The second kappa shape index (κ2) is 8.56. The van der Waals surface area contributed by atoms with Gasteiger partial charge in [-0.15, -0.1) is 0 Å². The van der Waals surface area contributed by atoms with E-state index in [9.17, 15) is 14.4 Å². The largest absolute Gasteiger partial charge is 0.493 e. The Morgan fingerprint density at radius 2 is 1.61 bits per heavy atom. The summed E-state index contributed by atoms with van der Waals surface area (Å²) in [7, 11) is 3.12. The Morgan fingerprint density at radius 1 is 0.964 bits per heavy atom. The van der Waals surface area contributed by atoms with E-state index in [0.29, 0.717) is 35.6 Å². The molecule has 1 aliphatic heterocycles. The van der Waals surface area contributed by atoms with E-state index < -0.39 is 0 Å². The van der Waals surface area contributed by atoms with Crippen LogP contribution in [0, 0.1) is 0 Å². The molecule has 0 saturated heterocycles. The number of benzene rings is 2. The van der Waals surface area contributed by atoms with Crippen molar-refractivity contribution in [2.45, 2.75) is 19.4 Å². The van der Waals surface area contributed by atoms with Crippen LogP contribution >= 0.6 is 0 Å². The van der Waals surface area contributed by atoms with E-state index in [1.807, 2.05) is 6.07 Å². The lowest BCUT2D eigenvalue weighted by atomic mass is 10.1. The van der Waals surface area contributed by atoms with Gasteiger partial charge in [0.2, 0.25) is 5.91 Å². The Hall–Kier alpha value is -3.35. The molecule has 0 aromatic heterocycles. The summed E-state index contributed by atoms with van der Waals surface area (Å²) in [5, 5.41) is 2.83. The highest BCUT2D eigenvalue weighted by molar-refractivity contribution is 6.21. The summed E-state index contributed by atoms with van der Waals surface area (Å²) < 4.78 is 10.4. The van der Waals surface area contributed by atoms with Crippen LogP contribution in [0.4, 0.5) is 0 Å². The highest BCUT2D eigenvalue weighted by Crippen LogP contribution is 2.27. The Balaban J connectivity index is 1.47. The predicted octanol–water partition coefficient (Wildman–Crippen LogP) is 2.40. The Morgan fingerprint density at radius 3 is 2.21 bits per heavy atom. The molecule has 0 fully saturated rings. The molecule has 3 amide bonds. The number of ether oxygens (including phenoxy) is 2. The van der Waals surface area contributed by atoms with Crippen molar-refractivity contribution in [3.63, 3.8) is 0 Å². The van der Waals surface area contributed by atoms with Crippen molar-refractivity contribution in [2.75, 3.05) is 20.8 Å². The number of amides is 3. The first-order valence-electron chi connectivity index (χ1n) is 8.98. The van der Waals surface area contributed by atoms with Crippen LogP contribution < -0.4 is 14.8 Å². The number of nitrogens with one attached hydrogen (secondary N) is 1. The number of hydrogen-bond donors (Lipinski definition) is 1. The van der Waals surface area contributed by atoms with Crippen molar-refractivity contribution in [1.29, 1.82) is 0 Å². The van der Waals surface area contributed by atoms with E-state index >= 15 is 0 Å². The van der Waals surface area contributed by atoms with Crippen LogP contribution in [0.25, 0.3) is 0 Å². The maximum absolute atomic E-state index is 12.3. The first kappa shape index (κ1) is 19.4. The van der Waals surface area contributed by atoms with Gasteiger partial charge in [-0.1, -0.05) is 18.2 Å². The monoisotopic (exact) mass is 382 g/mol. The van der Waals surface area contributed by atoms with Crippen LogP contribution in [-0.4, -0.2) is 43.4 Å². The van der Waals surface area contributed by atoms with Crippen molar-refractivity contribution < 1.29 is 23.9 Å². The van der Waals surface area contributed by atoms with E-state index in [0.717, 1.165) is 5.56 Å². The molecule has 1 aliphatic rings. The topological polar surface area (TPSA) is 84.9 Å². The molecule has 1 heterocycles. The molecule has 0 unspecified atom stereocenters. The van der Waals surface area contributed by atoms with Gasteiger partial charge >= 0.3 is 0 Å². The van der Waals surface area contributed by atoms with Crippen LogP contribution in [0.5, 0.6) is 11.5 Å². The Labute approximate surface area is 163 Å². The van der Waals surface area contributed by atoms with E-state index in [2.05, 4.69) is 5.32 Å². The Kier molecular flexibility index (Phi) is 5.93. The molecule has 2 aromatic rings. The number of methoxy groups -OCH3 is 2. The van der Waals surface area contributed by atoms with Gasteiger partial charge in [0, 0.05) is 19.5 Å². The lowest BCUT2D eigenvalue weighted by Crippen LogP contribution is -2.32. The summed E-state index contributed by atoms with van der Waals surface area (Å²) in [4.78, 5) is 37.9. The van der Waals surface area contributed by atoms with Gasteiger partial charge in [0.15, 0.2) is 11.5 Å². The number of rotatable bonds is 8. The number of nitrogens with zero attached hydrogens (tertiary/aromatic N) is 1. The summed E-state index contributed by atoms with van der Waals surface area (Å²) >= 11 is 0. The van der Waals surface area contributed by atoms with E-state index in [1.165, 1.54) is 4.90 Å². The molecule has 2 aromatic carbocycles. The second-order valence-corrected chi connectivity index (χ2v) is 6.38. The third-order valence-electron chi connectivity index (χ3n) is 4.60. The first-order valence-corrected chi connectivity index (χ1v) is 8.98. The van der Waals surface area contributed by atoms with Gasteiger partial charge in [0.1, 0.15) is 0 Å². The van der Waals surface area contributed by atoms with E-state index in [-0.39, 0.29) is 30.7 Å². The van der Waals surface area contributed by atoms with Crippen molar-refractivity contribution in [3.05, 3.63) is 59.2 Å². The van der Waals surface area contributed by atoms with Gasteiger partial charge in [-0.05, 0) is 36.2 Å². The maximum Gasteiger partial charge on any atom is 0.261 e. The smallest absolute Gasteiger partial charge is 0.261 e. The summed E-state index contributed by atoms with van der Waals surface area (Å²) in [5.41, 5.74) is 1.72. The highest BCUT2D eigenvalue weighted by Gasteiger charge is 2.34. The Bertz CT molecular complexity index is 874. The fraction of sp³-hybridized carbons (Fsp3) is 0.286. The molecule has 0 aliphatic carbocycles. The van der Waals surface area contributed by atoms with E-state index in [4.69, 9.17) is 9.47 Å². The minimum Gasteiger partial charge on any atom is -0.493 e. The third kappa shape index (κ3) is 3.98. The van der Waals surface area contributed by atoms with Crippen LogP contribution in [0.3, 0.4) is 0 Å². The third-order valence-corrected chi connectivity index (χ3v) is 4.60. The lowest BCUT2D eigenvalue weighted by Gasteiger charge is -2.13. The van der Waals surface area contributed by atoms with Crippen LogP contribution in [0.2, 0.25) is 0 Å². The van der Waals surface area contributed by atoms with Crippen molar-refractivity contribution >= 4 is 17.7 Å². The summed E-state index contributed by atoms with van der Waals surface area (Å²) in [6, 6.07) is 12.2. The van der Waals surface area contributed by atoms with Gasteiger partial charge in [0.25, 0.3) is 11.8 Å². The van der Waals surface area contributed by atoms with Crippen LogP contribution in [0.15, 0.2) is 42.5 Å². The lowest BCUT2D eigenvalue weighted by molar-refractivity contribution is -0.121. The van der Waals surface area contributed by atoms with Gasteiger partial charge in [-0.25, -0.2) is 0 Å². The second-order valence-electron chi connectivity index (χ2n) is 6.38. The zero-order chi connectivity index (χ0) is 20.1. The standard InChI is InChI=1S/C21H22N2O5/c1-27-17-10-9-14(12-18(17)28-2)13-22-19(24)8-5-11-23-20(25)15-6-3-4-7-16(15)21(23)26/h3-4,6-7,9-10,12H,5,8,11,13H2,1-2H3,(H,22,24). The minimum atomic E-state index is -0.300. The number of fused-ring (bicyclic) bond motifs is 1.